The maximum atomic E-state index is 14.8. The van der Waals surface area contributed by atoms with E-state index < -0.39 is 23.3 Å². The third-order valence-electron chi connectivity index (χ3n) is 8.45. The van der Waals surface area contributed by atoms with Crippen LogP contribution >= 0.6 is 0 Å². The molecular formula is C30H38F4O. The number of aryl methyl sites for hydroxylation is 1. The van der Waals surface area contributed by atoms with Gasteiger partial charge in [0.1, 0.15) is 0 Å². The summed E-state index contributed by atoms with van der Waals surface area (Å²) in [6.45, 7) is 3.67. The third-order valence-corrected chi connectivity index (χ3v) is 8.45. The van der Waals surface area contributed by atoms with Gasteiger partial charge in [0.05, 0.1) is 12.7 Å². The lowest BCUT2D eigenvalue weighted by molar-refractivity contribution is -0.00402. The number of rotatable bonds is 8. The van der Waals surface area contributed by atoms with Crippen molar-refractivity contribution in [3.63, 3.8) is 0 Å². The van der Waals surface area contributed by atoms with Gasteiger partial charge in [-0.25, -0.2) is 17.6 Å². The maximum absolute atomic E-state index is 14.8. The maximum Gasteiger partial charge on any atom is 0.167 e. The van der Waals surface area contributed by atoms with Crippen molar-refractivity contribution in [1.82, 2.24) is 0 Å². The van der Waals surface area contributed by atoms with Crippen molar-refractivity contribution >= 4 is 0 Å². The Morgan fingerprint density at radius 1 is 0.714 bits per heavy atom. The van der Waals surface area contributed by atoms with E-state index in [0.29, 0.717) is 0 Å². The summed E-state index contributed by atoms with van der Waals surface area (Å²) in [5.74, 6) is -1.93. The van der Waals surface area contributed by atoms with E-state index in [1.807, 2.05) is 0 Å². The second kappa shape index (κ2) is 11.9. The Hall–Kier alpha value is -1.88. The third kappa shape index (κ3) is 6.10. The standard InChI is InChI=1S/C30H38F4O/c1-3-4-5-20-7-9-21(10-8-20)22-11-14-24(15-12-22)35-18-23-13-17-26(30(34)28(23)32)25-16-6-19(2)27(31)29(25)33/h6,13,16-17,20-22,24H,3-5,7-12,14-15,18H2,1-2H3. The van der Waals surface area contributed by atoms with Crippen molar-refractivity contribution in [3.05, 3.63) is 58.7 Å². The lowest BCUT2D eigenvalue weighted by Gasteiger charge is -2.38. The zero-order chi connectivity index (χ0) is 24.9. The number of hydrogen-bond acceptors (Lipinski definition) is 1. The van der Waals surface area contributed by atoms with Gasteiger partial charge in [0, 0.05) is 16.7 Å². The SMILES string of the molecule is CCCCC1CCC(C2CCC(OCc3ccc(-c4ccc(C)c(F)c4F)c(F)c3F)CC2)CC1. The fourth-order valence-electron chi connectivity index (χ4n) is 6.14. The van der Waals surface area contributed by atoms with Gasteiger partial charge < -0.3 is 4.74 Å². The molecule has 2 aromatic carbocycles. The van der Waals surface area contributed by atoms with Crippen LogP contribution in [0.4, 0.5) is 17.6 Å². The molecule has 5 heteroatoms. The predicted molar refractivity (Wildman–Crippen MR) is 132 cm³/mol. The molecule has 0 aromatic heterocycles. The van der Waals surface area contributed by atoms with Crippen LogP contribution in [0, 0.1) is 47.9 Å². The van der Waals surface area contributed by atoms with Crippen LogP contribution in [0.3, 0.4) is 0 Å². The molecule has 2 aliphatic rings. The topological polar surface area (TPSA) is 9.23 Å². The summed E-state index contributed by atoms with van der Waals surface area (Å²) in [6.07, 6.45) is 13.7. The van der Waals surface area contributed by atoms with Crippen molar-refractivity contribution in [2.24, 2.45) is 17.8 Å². The van der Waals surface area contributed by atoms with Crippen LogP contribution < -0.4 is 0 Å². The molecule has 0 heterocycles. The Bertz CT molecular complexity index is 988. The average molecular weight is 491 g/mol. The van der Waals surface area contributed by atoms with Gasteiger partial charge in [0.2, 0.25) is 0 Å². The van der Waals surface area contributed by atoms with E-state index in [2.05, 4.69) is 6.92 Å². The van der Waals surface area contributed by atoms with Crippen molar-refractivity contribution in [1.29, 1.82) is 0 Å². The minimum atomic E-state index is -1.17. The van der Waals surface area contributed by atoms with E-state index in [4.69, 9.17) is 4.74 Å². The highest BCUT2D eigenvalue weighted by atomic mass is 19.2. The van der Waals surface area contributed by atoms with Gasteiger partial charge in [0.15, 0.2) is 23.3 Å². The minimum absolute atomic E-state index is 0.0222. The van der Waals surface area contributed by atoms with E-state index in [-0.39, 0.29) is 35.0 Å². The summed E-state index contributed by atoms with van der Waals surface area (Å²) in [5, 5.41) is 0. The summed E-state index contributed by atoms with van der Waals surface area (Å²) >= 11 is 0. The van der Waals surface area contributed by atoms with Gasteiger partial charge in [-0.05, 0) is 68.8 Å². The van der Waals surface area contributed by atoms with E-state index in [9.17, 15) is 17.6 Å². The molecule has 2 saturated carbocycles. The van der Waals surface area contributed by atoms with E-state index >= 15 is 0 Å². The van der Waals surface area contributed by atoms with E-state index in [1.54, 1.807) is 0 Å². The zero-order valence-corrected chi connectivity index (χ0v) is 21.0. The molecule has 0 spiro atoms. The summed E-state index contributed by atoms with van der Waals surface area (Å²) in [4.78, 5) is 0. The first-order valence-electron chi connectivity index (χ1n) is 13.4. The molecule has 35 heavy (non-hydrogen) atoms. The molecule has 192 valence electrons. The Balaban J connectivity index is 1.29. The van der Waals surface area contributed by atoms with E-state index in [0.717, 1.165) is 43.4 Å². The number of hydrogen-bond donors (Lipinski definition) is 0. The lowest BCUT2D eigenvalue weighted by atomic mass is 9.70. The van der Waals surface area contributed by atoms with Gasteiger partial charge in [0.25, 0.3) is 0 Å². The first-order valence-corrected chi connectivity index (χ1v) is 13.4. The van der Waals surface area contributed by atoms with Gasteiger partial charge in [-0.15, -0.1) is 0 Å². The lowest BCUT2D eigenvalue weighted by Crippen LogP contribution is -2.28. The number of unbranched alkanes of at least 4 members (excludes halogenated alkanes) is 1. The number of benzene rings is 2. The van der Waals surface area contributed by atoms with Gasteiger partial charge in [-0.3, -0.25) is 0 Å². The molecule has 2 aliphatic carbocycles. The molecule has 0 amide bonds. The molecule has 4 rings (SSSR count). The zero-order valence-electron chi connectivity index (χ0n) is 21.0. The van der Waals surface area contributed by atoms with Crippen LogP contribution in [0.15, 0.2) is 24.3 Å². The first kappa shape index (κ1) is 26.2. The van der Waals surface area contributed by atoms with Crippen molar-refractivity contribution < 1.29 is 22.3 Å². The van der Waals surface area contributed by atoms with Crippen molar-refractivity contribution in [2.45, 2.75) is 97.2 Å². The molecule has 0 N–H and O–H groups in total. The monoisotopic (exact) mass is 490 g/mol. The highest BCUT2D eigenvalue weighted by Crippen LogP contribution is 2.41. The highest BCUT2D eigenvalue weighted by molar-refractivity contribution is 5.66. The molecule has 0 unspecified atom stereocenters. The molecule has 0 radical (unpaired) electrons. The highest BCUT2D eigenvalue weighted by Gasteiger charge is 2.31. The molecule has 1 nitrogen and oxygen atoms in total. The van der Waals surface area contributed by atoms with Crippen LogP contribution in [-0.2, 0) is 11.3 Å². The second-order valence-electron chi connectivity index (χ2n) is 10.7. The fourth-order valence-corrected chi connectivity index (χ4v) is 6.14. The summed E-state index contributed by atoms with van der Waals surface area (Å²) in [6, 6.07) is 5.35. The molecule has 0 atom stereocenters. The fraction of sp³-hybridized carbons (Fsp3) is 0.600. The molecule has 2 aromatic rings. The Morgan fingerprint density at radius 2 is 1.29 bits per heavy atom. The van der Waals surface area contributed by atoms with Crippen LogP contribution in [-0.4, -0.2) is 6.10 Å². The molecule has 0 aliphatic heterocycles. The van der Waals surface area contributed by atoms with Crippen LogP contribution in [0.25, 0.3) is 11.1 Å². The average Bonchev–Trinajstić information content (AvgIpc) is 2.88. The Morgan fingerprint density at radius 3 is 1.91 bits per heavy atom. The summed E-state index contributed by atoms with van der Waals surface area (Å²) in [5.41, 5.74) is -0.347. The largest absolute Gasteiger partial charge is 0.373 e. The van der Waals surface area contributed by atoms with Crippen molar-refractivity contribution in [3.8, 4) is 11.1 Å². The molecule has 0 saturated heterocycles. The van der Waals surface area contributed by atoms with E-state index in [1.165, 1.54) is 76.1 Å². The quantitative estimate of drug-likeness (QED) is 0.335. The van der Waals surface area contributed by atoms with Crippen molar-refractivity contribution in [2.75, 3.05) is 0 Å². The normalized spacial score (nSPS) is 25.1. The number of ether oxygens (including phenoxy) is 1. The molecule has 0 bridgehead atoms. The Kier molecular flexibility index (Phi) is 8.91. The summed E-state index contributed by atoms with van der Waals surface area (Å²) < 4.78 is 63.7. The minimum Gasteiger partial charge on any atom is -0.373 e. The van der Waals surface area contributed by atoms with Crippen LogP contribution in [0.2, 0.25) is 0 Å². The van der Waals surface area contributed by atoms with Gasteiger partial charge >= 0.3 is 0 Å². The van der Waals surface area contributed by atoms with Crippen LogP contribution in [0.1, 0.15) is 88.7 Å². The second-order valence-corrected chi connectivity index (χ2v) is 10.7. The molecular weight excluding hydrogens is 452 g/mol. The smallest absolute Gasteiger partial charge is 0.167 e. The number of halogens is 4. The Labute approximate surface area is 207 Å². The van der Waals surface area contributed by atoms with Crippen LogP contribution in [0.5, 0.6) is 0 Å². The predicted octanol–water partition coefficient (Wildman–Crippen LogP) is 9.29. The van der Waals surface area contributed by atoms with Gasteiger partial charge in [-0.2, -0.15) is 0 Å². The molecule has 2 fully saturated rings. The summed E-state index contributed by atoms with van der Waals surface area (Å²) in [7, 11) is 0. The first-order chi connectivity index (χ1) is 16.9. The van der Waals surface area contributed by atoms with Gasteiger partial charge in [-0.1, -0.05) is 63.3 Å².